The lowest BCUT2D eigenvalue weighted by atomic mass is 9.90. The van der Waals surface area contributed by atoms with Crippen LogP contribution in [0.4, 0.5) is 4.39 Å². The summed E-state index contributed by atoms with van der Waals surface area (Å²) in [6, 6.07) is 26.3. The van der Waals surface area contributed by atoms with Crippen LogP contribution in [-0.4, -0.2) is 106 Å². The van der Waals surface area contributed by atoms with Gasteiger partial charge in [-0.25, -0.2) is 19.3 Å². The highest BCUT2D eigenvalue weighted by molar-refractivity contribution is 9.11. The molecule has 3 N–H and O–H groups in total. The molecule has 3 unspecified atom stereocenters. The van der Waals surface area contributed by atoms with E-state index < -0.39 is 37.9 Å². The summed E-state index contributed by atoms with van der Waals surface area (Å²) in [5.74, 6) is -2.41. The van der Waals surface area contributed by atoms with Crippen LogP contribution in [0.3, 0.4) is 0 Å². The molecule has 0 aliphatic heterocycles. The van der Waals surface area contributed by atoms with Crippen molar-refractivity contribution in [2.24, 2.45) is 17.8 Å². The minimum absolute atomic E-state index is 0.0419. The van der Waals surface area contributed by atoms with E-state index in [4.69, 9.17) is 17.8 Å². The number of carbonyl (C=O) groups is 6. The van der Waals surface area contributed by atoms with Crippen molar-refractivity contribution in [3.63, 3.8) is 0 Å². The van der Waals surface area contributed by atoms with Gasteiger partial charge in [0.2, 0.25) is 0 Å². The Balaban J connectivity index is 0.000000200. The summed E-state index contributed by atoms with van der Waals surface area (Å²) in [7, 11) is -8.13. The average Bonchev–Trinajstić information content (AvgIpc) is 1.67. The number of carbonyl (C=O) groups excluding carboxylic acids is 6. The predicted molar refractivity (Wildman–Crippen MR) is 411 cm³/mol. The number of ether oxygens (including phenoxy) is 2. The van der Waals surface area contributed by atoms with E-state index in [-0.39, 0.29) is 119 Å². The molecule has 0 bridgehead atoms. The minimum Gasteiger partial charge on any atom is -0.471 e. The average molecular weight is 1670 g/mol. The van der Waals surface area contributed by atoms with E-state index >= 15 is 0 Å². The van der Waals surface area contributed by atoms with Crippen LogP contribution in [0.2, 0.25) is 0 Å². The molecule has 0 radical (unpaired) electrons. The second-order valence-corrected chi connectivity index (χ2v) is 32.2. The Kier molecular flexibility index (Phi) is 29.2. The molecule has 10 rings (SSSR count). The van der Waals surface area contributed by atoms with Crippen molar-refractivity contribution in [2.45, 2.75) is 132 Å². The summed E-state index contributed by atoms with van der Waals surface area (Å²) in [5.41, 5.74) is 13.1. The zero-order chi connectivity index (χ0) is 76.6. The Hall–Kier alpha value is -8.40. The predicted octanol–water partition coefficient (Wildman–Crippen LogP) is 15.4. The number of hydrogen-bond acceptors (Lipinski definition) is 17. The summed E-state index contributed by atoms with van der Waals surface area (Å²) in [4.78, 5) is 89.8. The molecule has 0 spiro atoms. The molecule has 4 aromatic carbocycles. The topological polar surface area (TPSA) is 282 Å². The fraction of sp³-hybridized carbons (Fsp3) is 0.354. The Bertz CT molecular complexity index is 4690. The molecular weight excluding hydrogens is 1580 g/mol. The first-order valence-corrected chi connectivity index (χ1v) is 39.7. The van der Waals surface area contributed by atoms with Gasteiger partial charge in [0.25, 0.3) is 17.7 Å². The number of nitrogens with one attached hydrogen (secondary N) is 3. The number of nitrogens with zero attached hydrogens (tertiary/aromatic N) is 3. The zero-order valence-electron chi connectivity index (χ0n) is 60.5. The van der Waals surface area contributed by atoms with Crippen molar-refractivity contribution in [3.8, 4) is 0 Å². The highest BCUT2D eigenvalue weighted by Gasteiger charge is 2.41. The van der Waals surface area contributed by atoms with Crippen molar-refractivity contribution in [3.05, 3.63) is 236 Å². The first-order chi connectivity index (χ1) is 49.8. The van der Waals surface area contributed by atoms with Crippen molar-refractivity contribution < 1.29 is 67.8 Å². The third-order valence-corrected chi connectivity index (χ3v) is 21.7. The Morgan fingerprint density at radius 2 is 0.819 bits per heavy atom. The van der Waals surface area contributed by atoms with Gasteiger partial charge in [0.15, 0.2) is 24.1 Å². The molecule has 105 heavy (non-hydrogen) atoms. The van der Waals surface area contributed by atoms with E-state index in [1.807, 2.05) is 100 Å². The number of aromatic nitrogens is 3. The maximum atomic E-state index is 13.6. The number of amides is 3. The van der Waals surface area contributed by atoms with E-state index in [2.05, 4.69) is 90.8 Å². The number of rotatable bonds is 27. The van der Waals surface area contributed by atoms with Crippen LogP contribution >= 0.6 is 47.8 Å². The third kappa shape index (κ3) is 21.9. The zero-order valence-corrected chi connectivity index (χ0v) is 66.9. The highest BCUT2D eigenvalue weighted by atomic mass is 79.9. The summed E-state index contributed by atoms with van der Waals surface area (Å²) in [5, 5.41) is 8.42. The van der Waals surface area contributed by atoms with E-state index in [1.165, 1.54) is 6.20 Å². The number of ketones is 3. The van der Waals surface area contributed by atoms with Gasteiger partial charge in [0.05, 0.1) is 22.5 Å². The lowest BCUT2D eigenvalue weighted by Crippen LogP contribution is -2.27. The number of halogens is 4. The molecule has 3 atom stereocenters. The molecular formula is C79H86Br3FN6O14S2. The van der Waals surface area contributed by atoms with Gasteiger partial charge in [0, 0.05) is 95.3 Å². The molecule has 0 saturated heterocycles. The third-order valence-electron chi connectivity index (χ3n) is 17.8. The number of aryl methyl sites for hydroxylation is 9. The molecule has 0 saturated carbocycles. The molecule has 7 aromatic rings. The molecule has 556 valence electrons. The molecule has 3 aliphatic rings. The first-order valence-electron chi connectivity index (χ1n) is 34.4. The van der Waals surface area contributed by atoms with Gasteiger partial charge in [0.1, 0.15) is 45.1 Å². The monoisotopic (exact) mass is 1660 g/mol. The molecule has 0 fully saturated rings. The quantitative estimate of drug-likeness (QED) is 0.0245. The van der Waals surface area contributed by atoms with Crippen LogP contribution in [0.5, 0.6) is 0 Å². The minimum atomic E-state index is -4.31. The van der Waals surface area contributed by atoms with Gasteiger partial charge in [-0.05, 0) is 253 Å². The van der Waals surface area contributed by atoms with Crippen molar-refractivity contribution >= 4 is 120 Å². The number of unbranched alkanes of at least 4 members (excludes halogenated alkanes) is 1. The van der Waals surface area contributed by atoms with Crippen molar-refractivity contribution in [1.29, 1.82) is 0 Å². The van der Waals surface area contributed by atoms with Crippen LogP contribution in [0.1, 0.15) is 163 Å². The maximum Gasteiger partial charge on any atom is 0.338 e. The number of pyridine rings is 3. The standard InChI is InChI=1S/C28H26BrFN2O5S.C26H31BrN2O5S.C25H29BrN2O4/c1-16-12-17(2)25(18(3)13-16)26-24(37-38(35,36)22-7-5-21(30)6-8-22)14-19(27(26)33)10-11-31-28(34)23-9-4-20(29)15-32-23;1-5-6-11-35(32,33)34-22-14-19(9-10-28-26(31)21-8-7-20(27)15-29-21)25(30)24(22)23-17(3)12-16(2)13-18(23)4;1-5-31-14-32-21-12-18(8-9-27-25(30)20-7-6-19(26)13-28-20)24(29)23(21)22-16(3)10-15(2)11-17(22)4/h4-9,12-13,15,19H,10-11,14H2,1-3H3,(H,31,34);7-8,12-13,15,19H,5-6,9-11,14H2,1-4H3,(H,28,31);6-7,10-11,13,18H,5,8-9,12,14H2,1-4H3,(H,27,30). The summed E-state index contributed by atoms with van der Waals surface area (Å²) < 4.78 is 89.3. The fourth-order valence-corrected chi connectivity index (χ4v) is 16.0. The van der Waals surface area contributed by atoms with E-state index in [1.54, 1.807) is 48.8 Å². The van der Waals surface area contributed by atoms with Crippen LogP contribution in [-0.2, 0) is 52.5 Å². The van der Waals surface area contributed by atoms with E-state index in [0.29, 0.717) is 67.0 Å². The van der Waals surface area contributed by atoms with Gasteiger partial charge in [-0.1, -0.05) is 66.4 Å². The van der Waals surface area contributed by atoms with Gasteiger partial charge in [-0.2, -0.15) is 16.8 Å². The Labute approximate surface area is 638 Å². The molecule has 20 nitrogen and oxygen atoms in total. The lowest BCUT2D eigenvalue weighted by molar-refractivity contribution is -0.117. The second-order valence-electron chi connectivity index (χ2n) is 26.2. The lowest BCUT2D eigenvalue weighted by Gasteiger charge is -2.15. The number of Topliss-reactive ketones (excluding diaryl/α,β-unsaturated/α-hetero) is 3. The Morgan fingerprint density at radius 3 is 1.14 bits per heavy atom. The summed E-state index contributed by atoms with van der Waals surface area (Å²) in [6.07, 6.45) is 7.74. The Morgan fingerprint density at radius 1 is 0.486 bits per heavy atom. The van der Waals surface area contributed by atoms with Gasteiger partial charge >= 0.3 is 20.2 Å². The smallest absolute Gasteiger partial charge is 0.338 e. The summed E-state index contributed by atoms with van der Waals surface area (Å²) in [6.45, 7) is 22.8. The van der Waals surface area contributed by atoms with Crippen molar-refractivity contribution in [1.82, 2.24) is 30.9 Å². The number of hydrogen-bond donors (Lipinski definition) is 3. The van der Waals surface area contributed by atoms with Gasteiger partial charge in [-0.15, -0.1) is 0 Å². The van der Waals surface area contributed by atoms with E-state index in [0.717, 1.165) is 105 Å². The molecule has 26 heteroatoms. The molecule has 3 aromatic heterocycles. The first kappa shape index (κ1) is 82.3. The van der Waals surface area contributed by atoms with Crippen LogP contribution in [0, 0.1) is 85.9 Å². The highest BCUT2D eigenvalue weighted by Crippen LogP contribution is 2.44. The van der Waals surface area contributed by atoms with Gasteiger partial charge < -0.3 is 33.8 Å². The largest absolute Gasteiger partial charge is 0.471 e. The molecule has 3 amide bonds. The SMILES string of the molecule is CCCCS(=O)(=O)OC1=C(c2c(C)cc(C)cc2C)C(=O)C(CCNC(=O)c2ccc(Br)cn2)C1.CCOCOC1=C(c2c(C)cc(C)cc2C)C(=O)C(CCNC(=O)c2ccc(Br)cn2)C1.Cc1cc(C)c(C2=C(OS(=O)(=O)c3ccc(F)cc3)CC(CCNC(=O)c3ccc(Br)cn3)C2=O)c(C)c1. The fourth-order valence-electron chi connectivity index (χ4n) is 13.1. The van der Waals surface area contributed by atoms with Crippen LogP contribution in [0.15, 0.2) is 151 Å². The van der Waals surface area contributed by atoms with Gasteiger partial charge in [-0.3, -0.25) is 28.8 Å². The van der Waals surface area contributed by atoms with E-state index in [9.17, 15) is 50.0 Å². The maximum absolute atomic E-state index is 13.6. The second kappa shape index (κ2) is 37.2. The molecule has 3 heterocycles. The van der Waals surface area contributed by atoms with Crippen molar-refractivity contribution in [2.75, 3.05) is 38.8 Å². The number of benzene rings is 4. The summed E-state index contributed by atoms with van der Waals surface area (Å²) >= 11 is 9.87. The van der Waals surface area contributed by atoms with Crippen LogP contribution < -0.4 is 16.0 Å². The number of allylic oxidation sites excluding steroid dienone is 6. The normalized spacial score (nSPS) is 15.8. The van der Waals surface area contributed by atoms with Crippen LogP contribution in [0.25, 0.3) is 16.7 Å². The molecule has 3 aliphatic carbocycles.